The van der Waals surface area contributed by atoms with Crippen LogP contribution in [0.2, 0.25) is 0 Å². The van der Waals surface area contributed by atoms with Crippen LogP contribution in [0.1, 0.15) is 39.5 Å². The van der Waals surface area contributed by atoms with Crippen LogP contribution in [-0.4, -0.2) is 52.9 Å². The van der Waals surface area contributed by atoms with Gasteiger partial charge in [0.15, 0.2) is 0 Å². The van der Waals surface area contributed by atoms with E-state index in [1.807, 2.05) is 13.8 Å². The Kier molecular flexibility index (Phi) is 6.78. The smallest absolute Gasteiger partial charge is 0.317 e. The first-order valence-electron chi connectivity index (χ1n) is 7.31. The number of urea groups is 1. The number of piperidine rings is 1. The van der Waals surface area contributed by atoms with Gasteiger partial charge in [-0.15, -0.1) is 0 Å². The molecule has 0 aromatic carbocycles. The lowest BCUT2D eigenvalue weighted by atomic mass is 9.94. The van der Waals surface area contributed by atoms with Gasteiger partial charge in [-0.1, -0.05) is 13.8 Å². The van der Waals surface area contributed by atoms with Crippen LogP contribution in [0, 0.1) is 11.8 Å². The van der Waals surface area contributed by atoms with E-state index in [0.29, 0.717) is 38.4 Å². The fourth-order valence-corrected chi connectivity index (χ4v) is 2.56. The van der Waals surface area contributed by atoms with Gasteiger partial charge < -0.3 is 20.4 Å². The fraction of sp³-hybridized carbons (Fsp3) is 0.857. The van der Waals surface area contributed by atoms with Gasteiger partial charge in [0, 0.05) is 26.1 Å². The number of carboxylic acid groups (broad SMARTS) is 1. The Morgan fingerprint density at radius 2 is 1.90 bits per heavy atom. The van der Waals surface area contributed by atoms with Gasteiger partial charge in [0.2, 0.25) is 0 Å². The van der Waals surface area contributed by atoms with Gasteiger partial charge in [-0.2, -0.15) is 0 Å². The molecule has 20 heavy (non-hydrogen) atoms. The van der Waals surface area contributed by atoms with Crippen molar-refractivity contribution < 1.29 is 19.8 Å². The van der Waals surface area contributed by atoms with Crippen LogP contribution in [0.25, 0.3) is 0 Å². The Bertz CT molecular complexity index is 325. The van der Waals surface area contributed by atoms with Crippen LogP contribution < -0.4 is 5.32 Å². The van der Waals surface area contributed by atoms with E-state index >= 15 is 0 Å². The third kappa shape index (κ3) is 6.23. The Balaban J connectivity index is 2.37. The average molecular weight is 286 g/mol. The minimum atomic E-state index is -0.828. The number of carbonyl (C=O) groups is 2. The van der Waals surface area contributed by atoms with Crippen molar-refractivity contribution in [2.75, 3.05) is 19.6 Å². The molecule has 0 radical (unpaired) electrons. The van der Waals surface area contributed by atoms with Crippen LogP contribution in [0.5, 0.6) is 0 Å². The van der Waals surface area contributed by atoms with Gasteiger partial charge in [0.1, 0.15) is 0 Å². The summed E-state index contributed by atoms with van der Waals surface area (Å²) in [6, 6.07) is -0.156. The maximum atomic E-state index is 12.0. The van der Waals surface area contributed by atoms with E-state index in [4.69, 9.17) is 5.11 Å². The molecule has 6 nitrogen and oxygen atoms in total. The molecule has 1 aliphatic heterocycles. The van der Waals surface area contributed by atoms with Crippen molar-refractivity contribution in [2.45, 2.75) is 45.6 Å². The Hall–Kier alpha value is -1.30. The molecule has 1 heterocycles. The summed E-state index contributed by atoms with van der Waals surface area (Å²) in [6.45, 7) is 5.59. The minimum absolute atomic E-state index is 0.0353. The number of amides is 2. The number of aliphatic hydroxyl groups is 1. The van der Waals surface area contributed by atoms with Gasteiger partial charge in [-0.25, -0.2) is 4.79 Å². The lowest BCUT2D eigenvalue weighted by Crippen LogP contribution is -2.46. The zero-order chi connectivity index (χ0) is 15.1. The van der Waals surface area contributed by atoms with E-state index in [1.54, 1.807) is 4.90 Å². The molecule has 2 amide bonds. The number of hydrogen-bond donors (Lipinski definition) is 3. The molecule has 1 aliphatic rings. The zero-order valence-electron chi connectivity index (χ0n) is 12.3. The summed E-state index contributed by atoms with van der Waals surface area (Å²) >= 11 is 0. The second-order valence-corrected chi connectivity index (χ2v) is 6.00. The van der Waals surface area contributed by atoms with Gasteiger partial charge >= 0.3 is 12.0 Å². The molecule has 1 unspecified atom stereocenters. The zero-order valence-corrected chi connectivity index (χ0v) is 12.3. The monoisotopic (exact) mass is 286 g/mol. The van der Waals surface area contributed by atoms with E-state index in [1.165, 1.54) is 0 Å². The SMILES string of the molecule is CC(C)CC(CNC(=O)N1CCC(O)CC1)CC(=O)O. The van der Waals surface area contributed by atoms with Crippen LogP contribution in [0.3, 0.4) is 0 Å². The molecule has 0 aliphatic carbocycles. The van der Waals surface area contributed by atoms with Crippen LogP contribution >= 0.6 is 0 Å². The van der Waals surface area contributed by atoms with E-state index in [2.05, 4.69) is 5.32 Å². The molecule has 0 aromatic rings. The highest BCUT2D eigenvalue weighted by Gasteiger charge is 2.22. The van der Waals surface area contributed by atoms with Crippen molar-refractivity contribution in [3.8, 4) is 0 Å². The number of hydrogen-bond acceptors (Lipinski definition) is 3. The van der Waals surface area contributed by atoms with E-state index in [-0.39, 0.29) is 24.5 Å². The molecule has 0 bridgehead atoms. The lowest BCUT2D eigenvalue weighted by Gasteiger charge is -2.30. The highest BCUT2D eigenvalue weighted by atomic mass is 16.4. The Morgan fingerprint density at radius 1 is 1.30 bits per heavy atom. The lowest BCUT2D eigenvalue weighted by molar-refractivity contribution is -0.138. The molecule has 116 valence electrons. The predicted octanol–water partition coefficient (Wildman–Crippen LogP) is 1.29. The Labute approximate surface area is 120 Å². The molecule has 1 atom stereocenters. The molecule has 1 rings (SSSR count). The molecular weight excluding hydrogens is 260 g/mol. The van der Waals surface area contributed by atoms with Crippen molar-refractivity contribution in [3.63, 3.8) is 0 Å². The summed E-state index contributed by atoms with van der Waals surface area (Å²) < 4.78 is 0. The van der Waals surface area contributed by atoms with Crippen molar-refractivity contribution >= 4 is 12.0 Å². The first-order valence-corrected chi connectivity index (χ1v) is 7.31. The standard InChI is InChI=1S/C14H26N2O4/c1-10(2)7-11(8-13(18)19)9-15-14(20)16-5-3-12(17)4-6-16/h10-12,17H,3-9H2,1-2H3,(H,15,20)(H,18,19). The molecular formula is C14H26N2O4. The third-order valence-corrected chi connectivity index (χ3v) is 3.56. The van der Waals surface area contributed by atoms with Gasteiger partial charge in [-0.05, 0) is 31.1 Å². The molecule has 0 aromatic heterocycles. The van der Waals surface area contributed by atoms with E-state index in [0.717, 1.165) is 6.42 Å². The number of rotatable bonds is 6. The van der Waals surface area contributed by atoms with Crippen LogP contribution in [0.15, 0.2) is 0 Å². The highest BCUT2D eigenvalue weighted by molar-refractivity contribution is 5.74. The number of carboxylic acids is 1. The number of aliphatic carboxylic acids is 1. The summed E-state index contributed by atoms with van der Waals surface area (Å²) in [4.78, 5) is 24.5. The number of nitrogens with one attached hydrogen (secondary N) is 1. The van der Waals surface area contributed by atoms with E-state index in [9.17, 15) is 14.7 Å². The normalized spacial score (nSPS) is 18.1. The number of nitrogens with zero attached hydrogens (tertiary/aromatic N) is 1. The minimum Gasteiger partial charge on any atom is -0.481 e. The van der Waals surface area contributed by atoms with E-state index < -0.39 is 5.97 Å². The number of likely N-dealkylation sites (tertiary alicyclic amines) is 1. The molecule has 1 fully saturated rings. The second kappa shape index (κ2) is 8.09. The third-order valence-electron chi connectivity index (χ3n) is 3.56. The fourth-order valence-electron chi connectivity index (χ4n) is 2.56. The summed E-state index contributed by atoms with van der Waals surface area (Å²) in [7, 11) is 0. The highest BCUT2D eigenvalue weighted by Crippen LogP contribution is 2.15. The first kappa shape index (κ1) is 16.8. The maximum Gasteiger partial charge on any atom is 0.317 e. The first-order chi connectivity index (χ1) is 9.38. The summed E-state index contributed by atoms with van der Waals surface area (Å²) in [5, 5.41) is 21.1. The van der Waals surface area contributed by atoms with Crippen LogP contribution in [0.4, 0.5) is 4.79 Å². The second-order valence-electron chi connectivity index (χ2n) is 6.00. The van der Waals surface area contributed by atoms with Crippen molar-refractivity contribution in [2.24, 2.45) is 11.8 Å². The summed E-state index contributed by atoms with van der Waals surface area (Å²) in [5.74, 6) is -0.459. The van der Waals surface area contributed by atoms with Gasteiger partial charge in [0.25, 0.3) is 0 Å². The quantitative estimate of drug-likeness (QED) is 0.686. The molecule has 3 N–H and O–H groups in total. The summed E-state index contributed by atoms with van der Waals surface area (Å²) in [6.07, 6.45) is 1.78. The van der Waals surface area contributed by atoms with Crippen molar-refractivity contribution in [1.29, 1.82) is 0 Å². The molecule has 6 heteroatoms. The number of carbonyl (C=O) groups excluding carboxylic acids is 1. The largest absolute Gasteiger partial charge is 0.481 e. The van der Waals surface area contributed by atoms with Gasteiger partial charge in [0.05, 0.1) is 6.10 Å². The van der Waals surface area contributed by atoms with Gasteiger partial charge in [-0.3, -0.25) is 4.79 Å². The van der Waals surface area contributed by atoms with Crippen molar-refractivity contribution in [3.05, 3.63) is 0 Å². The molecule has 0 spiro atoms. The Morgan fingerprint density at radius 3 is 2.40 bits per heavy atom. The number of aliphatic hydroxyl groups excluding tert-OH is 1. The summed E-state index contributed by atoms with van der Waals surface area (Å²) in [5.41, 5.74) is 0. The molecule has 1 saturated heterocycles. The topological polar surface area (TPSA) is 89.9 Å². The van der Waals surface area contributed by atoms with Crippen LogP contribution in [-0.2, 0) is 4.79 Å². The predicted molar refractivity (Wildman–Crippen MR) is 75.4 cm³/mol. The molecule has 0 saturated carbocycles. The van der Waals surface area contributed by atoms with Crippen molar-refractivity contribution in [1.82, 2.24) is 10.2 Å². The average Bonchev–Trinajstić information content (AvgIpc) is 2.35. The maximum absolute atomic E-state index is 12.0.